The normalized spacial score (nSPS) is 11.3. The molecule has 0 unspecified atom stereocenters. The Morgan fingerprint density at radius 1 is 0.368 bits per heavy atom. The molecule has 478 valence electrons. The van der Waals surface area contributed by atoms with Gasteiger partial charge in [0, 0.05) is 6.42 Å². The average molecular weight is 1220 g/mol. The summed E-state index contributed by atoms with van der Waals surface area (Å²) in [4.78, 5) is 116. The molecule has 0 aliphatic rings. The van der Waals surface area contributed by atoms with Crippen LogP contribution in [-0.2, 0) is 125 Å². The van der Waals surface area contributed by atoms with Crippen molar-refractivity contribution in [1.29, 1.82) is 0 Å². The molecule has 3 aromatic rings. The van der Waals surface area contributed by atoms with E-state index in [1.165, 1.54) is 56.9 Å². The fourth-order valence-electron chi connectivity index (χ4n) is 6.76. The third-order valence-corrected chi connectivity index (χ3v) is 11.4. The lowest BCUT2D eigenvalue weighted by Gasteiger charge is -2.10. The summed E-state index contributed by atoms with van der Waals surface area (Å²) in [7, 11) is 10.8. The molecule has 0 saturated heterocycles. The topological polar surface area (TPSA) is 281 Å². The molecule has 0 fully saturated rings. The van der Waals surface area contributed by atoms with E-state index in [0.29, 0.717) is 65.3 Å². The molecule has 0 N–H and O–H groups in total. The zero-order chi connectivity index (χ0) is 64.3. The van der Waals surface area contributed by atoms with Crippen molar-refractivity contribution >= 4 is 59.5 Å². The van der Waals surface area contributed by atoms with Gasteiger partial charge in [0.1, 0.15) is 5.92 Å². The predicted octanol–water partition coefficient (Wildman–Crippen LogP) is 8.77. The number of ether oxygens (including phenoxy) is 12. The quantitative estimate of drug-likeness (QED) is 0.0105. The molecule has 22 heteroatoms. The number of ketones is 1. The second-order valence-corrected chi connectivity index (χ2v) is 17.3. The first-order valence-electron chi connectivity index (χ1n) is 26.9. The number of benzene rings is 3. The van der Waals surface area contributed by atoms with Gasteiger partial charge in [0.2, 0.25) is 0 Å². The minimum absolute atomic E-state index is 0. The predicted molar refractivity (Wildman–Crippen MR) is 320 cm³/mol. The first-order chi connectivity index (χ1) is 41.5. The molecule has 0 spiro atoms. The maximum absolute atomic E-state index is 12.1. The van der Waals surface area contributed by atoms with Crippen LogP contribution in [-0.4, -0.2) is 143 Å². The van der Waals surface area contributed by atoms with Crippen LogP contribution in [0.2, 0.25) is 0 Å². The number of rotatable bonds is 33. The second-order valence-electron chi connectivity index (χ2n) is 17.3. The molecule has 3 aromatic carbocycles. The van der Waals surface area contributed by atoms with Crippen LogP contribution in [0.5, 0.6) is 0 Å². The number of carbonyl (C=O) groups excluding carboxylic acids is 10. The number of hydrogen-bond acceptors (Lipinski definition) is 22. The maximum Gasteiger partial charge on any atom is 0.375 e. The lowest BCUT2D eigenvalue weighted by Crippen LogP contribution is -2.31. The Hall–Kier alpha value is -8.86. The standard InChI is InChI=1S/2C21H26O7.C18H22O6.C4H8O2.CH4/c2*1-25-19(22)14-18(21(24)27-3)17(20(23)26-2)12-8-5-9-13-28-15-16-10-6-4-7-11-16;1-22-17(20)15(16(19)18(21)23-2)11-7-4-8-12-24-13-14-9-5-3-6-10-14;1-3-4(5)6-2;/h2*4-8,10-11H,9,12-15H2,1-3H3;3-7,9-10,15H,8,11-13H2,1-2H3;3H2,1-2H3;1H4/b8-5-,18-17+;8-5-,18-17-;7-4-;;/t;;15-;;/m..1../s1. The molecule has 0 aliphatic carbocycles. The van der Waals surface area contributed by atoms with Gasteiger partial charge in [-0.2, -0.15) is 0 Å². The Morgan fingerprint density at radius 2 is 0.678 bits per heavy atom. The van der Waals surface area contributed by atoms with Crippen molar-refractivity contribution in [1.82, 2.24) is 0 Å². The van der Waals surface area contributed by atoms with E-state index < -0.39 is 59.5 Å². The SMILES string of the molecule is C.CCC(=O)OC.COC(=O)C(=O)[C@@H](C/C=C\CCOCc1ccccc1)C(=O)OC.COC(=O)C/C(C(=O)OC)=C(/C/C=C\CCOCc1ccccc1)C(=O)OC.COC(=O)C/C(C(=O)OC)=C(\C/C=C\CCOCc1ccccc1)C(=O)OC. The molecule has 0 aromatic heterocycles. The summed E-state index contributed by atoms with van der Waals surface area (Å²) in [6.07, 6.45) is 12.5. The molecule has 87 heavy (non-hydrogen) atoms. The van der Waals surface area contributed by atoms with E-state index in [1.807, 2.05) is 103 Å². The van der Waals surface area contributed by atoms with Crippen LogP contribution in [0.4, 0.5) is 0 Å². The Labute approximate surface area is 510 Å². The average Bonchev–Trinajstić information content (AvgIpc) is 3.53. The highest BCUT2D eigenvalue weighted by molar-refractivity contribution is 6.37. The molecule has 22 nitrogen and oxygen atoms in total. The third kappa shape index (κ3) is 36.6. The Bertz CT molecular complexity index is 2540. The van der Waals surface area contributed by atoms with Crippen LogP contribution < -0.4 is 0 Å². The first kappa shape index (κ1) is 80.2. The molecule has 3 rings (SSSR count). The molecule has 0 heterocycles. The van der Waals surface area contributed by atoms with E-state index in [1.54, 1.807) is 31.2 Å². The number of carbonyl (C=O) groups is 10. The van der Waals surface area contributed by atoms with E-state index in [-0.39, 0.29) is 67.8 Å². The zero-order valence-corrected chi connectivity index (χ0v) is 50.8. The van der Waals surface area contributed by atoms with Crippen molar-refractivity contribution in [2.45, 2.75) is 92.0 Å². The van der Waals surface area contributed by atoms with Crippen molar-refractivity contribution in [2.75, 3.05) is 83.8 Å². The van der Waals surface area contributed by atoms with Crippen LogP contribution in [0, 0.1) is 5.92 Å². The van der Waals surface area contributed by atoms with Crippen LogP contribution in [0.25, 0.3) is 0 Å². The van der Waals surface area contributed by atoms with E-state index >= 15 is 0 Å². The third-order valence-electron chi connectivity index (χ3n) is 11.4. The molecular formula is C65H86O22. The smallest absolute Gasteiger partial charge is 0.375 e. The van der Waals surface area contributed by atoms with Gasteiger partial charge in [0.15, 0.2) is 0 Å². The molecule has 0 bridgehead atoms. The summed E-state index contributed by atoms with van der Waals surface area (Å²) in [5.74, 6) is -8.30. The summed E-state index contributed by atoms with van der Waals surface area (Å²) in [5.41, 5.74) is 3.23. The van der Waals surface area contributed by atoms with E-state index in [9.17, 15) is 47.9 Å². The van der Waals surface area contributed by atoms with E-state index in [2.05, 4.69) is 33.2 Å². The molecular weight excluding hydrogens is 1130 g/mol. The van der Waals surface area contributed by atoms with Crippen LogP contribution in [0.3, 0.4) is 0 Å². The fourth-order valence-corrected chi connectivity index (χ4v) is 6.76. The lowest BCUT2D eigenvalue weighted by molar-refractivity contribution is -0.159. The number of hydrogen-bond donors (Lipinski definition) is 0. The summed E-state index contributed by atoms with van der Waals surface area (Å²) in [6, 6.07) is 29.4. The van der Waals surface area contributed by atoms with Crippen molar-refractivity contribution < 1.29 is 105 Å². The molecule has 0 radical (unpaired) electrons. The highest BCUT2D eigenvalue weighted by atomic mass is 16.6. The minimum Gasteiger partial charge on any atom is -0.469 e. The maximum atomic E-state index is 12.1. The van der Waals surface area contributed by atoms with Crippen LogP contribution >= 0.6 is 0 Å². The van der Waals surface area contributed by atoms with Crippen molar-refractivity contribution in [3.63, 3.8) is 0 Å². The van der Waals surface area contributed by atoms with Gasteiger partial charge in [0.05, 0.1) is 139 Å². The molecule has 1 atom stereocenters. The Kier molecular flexibility index (Phi) is 47.5. The van der Waals surface area contributed by atoms with Crippen LogP contribution in [0.15, 0.2) is 150 Å². The number of Topliss-reactive ketones (excluding diaryl/α,β-unsaturated/α-hetero) is 1. The largest absolute Gasteiger partial charge is 0.469 e. The fraction of sp³-hybridized carbons (Fsp3) is 0.415. The van der Waals surface area contributed by atoms with Gasteiger partial charge >= 0.3 is 53.7 Å². The Morgan fingerprint density at radius 3 is 0.954 bits per heavy atom. The minimum atomic E-state index is -1.18. The van der Waals surface area contributed by atoms with Gasteiger partial charge < -0.3 is 56.8 Å². The van der Waals surface area contributed by atoms with Crippen molar-refractivity contribution in [2.24, 2.45) is 5.92 Å². The highest BCUT2D eigenvalue weighted by Crippen LogP contribution is 2.20. The van der Waals surface area contributed by atoms with Gasteiger partial charge in [-0.05, 0) is 55.2 Å². The van der Waals surface area contributed by atoms with E-state index in [4.69, 9.17) is 23.7 Å². The van der Waals surface area contributed by atoms with Crippen LogP contribution in [0.1, 0.15) is 88.8 Å². The summed E-state index contributed by atoms with van der Waals surface area (Å²) in [5, 5.41) is 0. The van der Waals surface area contributed by atoms with Gasteiger partial charge in [-0.25, -0.2) is 24.0 Å². The molecule has 0 amide bonds. The highest BCUT2D eigenvalue weighted by Gasteiger charge is 2.32. The van der Waals surface area contributed by atoms with Gasteiger partial charge in [-0.1, -0.05) is 142 Å². The second kappa shape index (κ2) is 51.6. The summed E-state index contributed by atoms with van der Waals surface area (Å²) < 4.78 is 57.8. The lowest BCUT2D eigenvalue weighted by atomic mass is 10.00. The van der Waals surface area contributed by atoms with Crippen molar-refractivity contribution in [3.8, 4) is 0 Å². The monoisotopic (exact) mass is 1220 g/mol. The number of esters is 9. The first-order valence-corrected chi connectivity index (χ1v) is 26.9. The van der Waals surface area contributed by atoms with Gasteiger partial charge in [0.25, 0.3) is 5.78 Å². The number of methoxy groups -OCH3 is 9. The van der Waals surface area contributed by atoms with Gasteiger partial charge in [-0.15, -0.1) is 0 Å². The molecule has 0 saturated carbocycles. The van der Waals surface area contributed by atoms with Gasteiger partial charge in [-0.3, -0.25) is 24.0 Å². The zero-order valence-electron chi connectivity index (χ0n) is 50.8. The number of allylic oxidation sites excluding steroid dienone is 3. The summed E-state index contributed by atoms with van der Waals surface area (Å²) >= 11 is 0. The molecule has 0 aliphatic heterocycles. The Balaban J connectivity index is 0. The van der Waals surface area contributed by atoms with E-state index in [0.717, 1.165) is 23.8 Å². The summed E-state index contributed by atoms with van der Waals surface area (Å²) in [6.45, 7) is 4.86. The van der Waals surface area contributed by atoms with Crippen molar-refractivity contribution in [3.05, 3.63) is 166 Å².